The van der Waals surface area contributed by atoms with E-state index in [1.165, 1.54) is 0 Å². The van der Waals surface area contributed by atoms with Crippen LogP contribution in [-0.2, 0) is 0 Å². The molecule has 0 aliphatic heterocycles. The van der Waals surface area contributed by atoms with E-state index in [4.69, 9.17) is 4.74 Å². The van der Waals surface area contributed by atoms with Crippen LogP contribution < -0.4 is 4.74 Å². The molecule has 0 saturated carbocycles. The predicted molar refractivity (Wildman–Crippen MR) is 47.7 cm³/mol. The first kappa shape index (κ1) is 8.87. The van der Waals surface area contributed by atoms with E-state index < -0.39 is 0 Å². The van der Waals surface area contributed by atoms with Gasteiger partial charge in [-0.3, -0.25) is 0 Å². The van der Waals surface area contributed by atoms with Gasteiger partial charge in [0, 0.05) is 4.47 Å². The highest BCUT2D eigenvalue weighted by atomic mass is 79.9. The van der Waals surface area contributed by atoms with Crippen molar-refractivity contribution in [2.45, 2.75) is 4.90 Å². The lowest BCUT2D eigenvalue weighted by atomic mass is 10.3. The molecule has 0 amide bonds. The highest BCUT2D eigenvalue weighted by molar-refractivity contribution is 9.10. The summed E-state index contributed by atoms with van der Waals surface area (Å²) in [6.45, 7) is 0. The van der Waals surface area contributed by atoms with Crippen molar-refractivity contribution in [1.82, 2.24) is 0 Å². The standard InChI is InChI=1S/C7H6BrFOS/c1-10-5-2-3-6(8)7(4-5)11-9/h2-4H,1H3. The van der Waals surface area contributed by atoms with Crippen molar-refractivity contribution in [3.8, 4) is 5.75 Å². The maximum atomic E-state index is 12.1. The van der Waals surface area contributed by atoms with Crippen LogP contribution in [0.2, 0.25) is 0 Å². The van der Waals surface area contributed by atoms with E-state index in [-0.39, 0.29) is 12.1 Å². The molecule has 0 aliphatic rings. The summed E-state index contributed by atoms with van der Waals surface area (Å²) in [4.78, 5) is 0.532. The van der Waals surface area contributed by atoms with Gasteiger partial charge in [-0.25, -0.2) is 0 Å². The summed E-state index contributed by atoms with van der Waals surface area (Å²) < 4.78 is 17.8. The Hall–Kier alpha value is -0.220. The first-order chi connectivity index (χ1) is 5.27. The topological polar surface area (TPSA) is 9.23 Å². The molecule has 0 bridgehead atoms. The van der Waals surface area contributed by atoms with E-state index in [2.05, 4.69) is 15.9 Å². The molecule has 60 valence electrons. The smallest absolute Gasteiger partial charge is 0.120 e. The number of halogens is 2. The Kier molecular flexibility index (Phi) is 3.20. The first-order valence-corrected chi connectivity index (χ1v) is 4.41. The molecule has 0 fully saturated rings. The lowest BCUT2D eigenvalue weighted by molar-refractivity contribution is 0.413. The maximum absolute atomic E-state index is 12.1. The van der Waals surface area contributed by atoms with E-state index in [9.17, 15) is 3.89 Å². The van der Waals surface area contributed by atoms with Gasteiger partial charge in [0.2, 0.25) is 0 Å². The molecule has 0 atom stereocenters. The number of methoxy groups -OCH3 is 1. The van der Waals surface area contributed by atoms with Gasteiger partial charge in [-0.1, -0.05) is 0 Å². The highest BCUT2D eigenvalue weighted by Gasteiger charge is 2.01. The van der Waals surface area contributed by atoms with Gasteiger partial charge < -0.3 is 4.74 Å². The van der Waals surface area contributed by atoms with Gasteiger partial charge in [0.1, 0.15) is 5.75 Å². The minimum Gasteiger partial charge on any atom is -0.497 e. The van der Waals surface area contributed by atoms with Gasteiger partial charge in [-0.05, 0) is 34.1 Å². The quantitative estimate of drug-likeness (QED) is 0.779. The molecule has 0 saturated heterocycles. The van der Waals surface area contributed by atoms with Gasteiger partial charge in [0.05, 0.1) is 24.2 Å². The Morgan fingerprint density at radius 3 is 2.82 bits per heavy atom. The van der Waals surface area contributed by atoms with Crippen LogP contribution in [0, 0.1) is 0 Å². The molecule has 4 heteroatoms. The van der Waals surface area contributed by atoms with Crippen molar-refractivity contribution in [3.05, 3.63) is 22.7 Å². The van der Waals surface area contributed by atoms with Gasteiger partial charge in [0.25, 0.3) is 0 Å². The molecule has 0 N–H and O–H groups in total. The molecular formula is C7H6BrFOS. The third kappa shape index (κ3) is 2.10. The van der Waals surface area contributed by atoms with Crippen LogP contribution in [0.5, 0.6) is 5.75 Å². The minimum absolute atomic E-state index is 0.198. The van der Waals surface area contributed by atoms with Crippen LogP contribution >= 0.6 is 28.1 Å². The minimum atomic E-state index is 0.198. The van der Waals surface area contributed by atoms with E-state index >= 15 is 0 Å². The van der Waals surface area contributed by atoms with E-state index in [0.717, 1.165) is 4.47 Å². The number of benzene rings is 1. The lowest BCUT2D eigenvalue weighted by Gasteiger charge is -2.01. The van der Waals surface area contributed by atoms with Crippen LogP contribution in [0.25, 0.3) is 0 Å². The van der Waals surface area contributed by atoms with E-state index in [1.54, 1.807) is 25.3 Å². The second-order valence-corrected chi connectivity index (χ2v) is 3.32. The monoisotopic (exact) mass is 236 g/mol. The summed E-state index contributed by atoms with van der Waals surface area (Å²) in [7, 11) is 1.55. The lowest BCUT2D eigenvalue weighted by Crippen LogP contribution is -1.82. The van der Waals surface area contributed by atoms with Crippen LogP contribution in [0.1, 0.15) is 0 Å². The van der Waals surface area contributed by atoms with Crippen molar-refractivity contribution in [3.63, 3.8) is 0 Å². The van der Waals surface area contributed by atoms with Crippen molar-refractivity contribution in [2.75, 3.05) is 7.11 Å². The Labute approximate surface area is 77.4 Å². The van der Waals surface area contributed by atoms with Crippen LogP contribution in [0.15, 0.2) is 27.6 Å². The third-order valence-corrected chi connectivity index (χ3v) is 2.68. The molecule has 0 spiro atoms. The van der Waals surface area contributed by atoms with Gasteiger partial charge in [-0.2, -0.15) is 3.89 Å². The van der Waals surface area contributed by atoms with E-state index in [1.807, 2.05) is 0 Å². The molecule has 0 radical (unpaired) electrons. The van der Waals surface area contributed by atoms with Crippen molar-refractivity contribution >= 4 is 28.1 Å². The average molecular weight is 237 g/mol. The zero-order chi connectivity index (χ0) is 8.27. The molecule has 0 aliphatic carbocycles. The summed E-state index contributed by atoms with van der Waals surface area (Å²) in [6, 6.07) is 5.15. The zero-order valence-corrected chi connectivity index (χ0v) is 8.21. The van der Waals surface area contributed by atoms with Crippen LogP contribution in [0.3, 0.4) is 0 Å². The molecule has 0 heterocycles. The average Bonchev–Trinajstić information content (AvgIpc) is 2.05. The Morgan fingerprint density at radius 1 is 1.55 bits per heavy atom. The summed E-state index contributed by atoms with van der Waals surface area (Å²) in [6.07, 6.45) is 0. The summed E-state index contributed by atoms with van der Waals surface area (Å²) in [5.41, 5.74) is 0. The largest absolute Gasteiger partial charge is 0.497 e. The van der Waals surface area contributed by atoms with Crippen molar-refractivity contribution < 1.29 is 8.62 Å². The number of hydrogen-bond acceptors (Lipinski definition) is 2. The van der Waals surface area contributed by atoms with Crippen LogP contribution in [-0.4, -0.2) is 7.11 Å². The summed E-state index contributed by atoms with van der Waals surface area (Å²) in [5, 5.41) is 0. The highest BCUT2D eigenvalue weighted by Crippen LogP contribution is 2.31. The fraction of sp³-hybridized carbons (Fsp3) is 0.143. The Balaban J connectivity index is 3.02. The molecule has 1 rings (SSSR count). The van der Waals surface area contributed by atoms with Gasteiger partial charge in [-0.15, -0.1) is 0 Å². The molecule has 1 aromatic carbocycles. The molecule has 11 heavy (non-hydrogen) atoms. The SMILES string of the molecule is COc1ccc(Br)c(SF)c1. The predicted octanol–water partition coefficient (Wildman–Crippen LogP) is 3.43. The molecule has 0 unspecified atom stereocenters. The Bertz CT molecular complexity index is 254. The van der Waals surface area contributed by atoms with Crippen molar-refractivity contribution in [2.24, 2.45) is 0 Å². The number of hydrogen-bond donors (Lipinski definition) is 0. The van der Waals surface area contributed by atoms with Gasteiger partial charge in [0.15, 0.2) is 0 Å². The fourth-order valence-electron chi connectivity index (χ4n) is 0.670. The fourth-order valence-corrected chi connectivity index (χ4v) is 1.40. The number of rotatable bonds is 2. The Morgan fingerprint density at radius 2 is 2.27 bits per heavy atom. The molecular weight excluding hydrogens is 231 g/mol. The second-order valence-electron chi connectivity index (χ2n) is 1.87. The molecule has 0 aromatic heterocycles. The van der Waals surface area contributed by atoms with Crippen molar-refractivity contribution in [1.29, 1.82) is 0 Å². The molecule has 1 aromatic rings. The van der Waals surface area contributed by atoms with Gasteiger partial charge >= 0.3 is 0 Å². The van der Waals surface area contributed by atoms with Crippen LogP contribution in [0.4, 0.5) is 3.89 Å². The third-order valence-electron chi connectivity index (χ3n) is 1.22. The number of ether oxygens (including phenoxy) is 1. The first-order valence-electron chi connectivity index (χ1n) is 2.90. The normalized spacial score (nSPS) is 9.73. The second kappa shape index (κ2) is 3.97. The zero-order valence-electron chi connectivity index (χ0n) is 5.80. The summed E-state index contributed by atoms with van der Waals surface area (Å²) in [5.74, 6) is 0.661. The van der Waals surface area contributed by atoms with E-state index in [0.29, 0.717) is 10.6 Å². The molecule has 1 nitrogen and oxygen atoms in total. The summed E-state index contributed by atoms with van der Waals surface area (Å²) >= 11 is 3.40. The maximum Gasteiger partial charge on any atom is 0.120 e.